The van der Waals surface area contributed by atoms with Gasteiger partial charge in [0.1, 0.15) is 70.9 Å². The van der Waals surface area contributed by atoms with Crippen molar-refractivity contribution < 1.29 is 37.8 Å². The molecule has 4 aromatic carbocycles. The predicted molar refractivity (Wildman–Crippen MR) is 472 cm³/mol. The van der Waals surface area contributed by atoms with Crippen molar-refractivity contribution in [1.82, 2.24) is 120 Å². The molecule has 37 heteroatoms. The molecule has 4 N–H and O–H groups in total. The summed E-state index contributed by atoms with van der Waals surface area (Å²) < 4.78 is 32.8. The lowest BCUT2D eigenvalue weighted by Crippen LogP contribution is -2.53. The lowest BCUT2D eigenvalue weighted by molar-refractivity contribution is -0.127. The number of carbonyl (C=O) groups is 4. The number of hydrogen-bond donors (Lipinski definition) is 4. The van der Waals surface area contributed by atoms with E-state index in [1.54, 1.807) is 65.3 Å². The minimum Gasteiger partial charge on any atom is -0.436 e. The minimum atomic E-state index is -0.523. The van der Waals surface area contributed by atoms with Crippen molar-refractivity contribution in [1.29, 1.82) is 0 Å². The van der Waals surface area contributed by atoms with Gasteiger partial charge in [0.15, 0.2) is 17.3 Å². The van der Waals surface area contributed by atoms with Gasteiger partial charge in [-0.2, -0.15) is 20.4 Å². The van der Waals surface area contributed by atoms with Gasteiger partial charge in [-0.3, -0.25) is 44.6 Å². The first-order valence-electron chi connectivity index (χ1n) is 40.2. The number of fused-ring (bicyclic) bond motifs is 8. The monoisotopic (exact) mass is 1700 g/mol. The Labute approximate surface area is 717 Å². The number of aromatic amines is 4. The van der Waals surface area contributed by atoms with E-state index in [0.29, 0.717) is 153 Å². The number of carbonyl (C=O) groups excluding carboxylic acids is 4. The van der Waals surface area contributed by atoms with Gasteiger partial charge < -0.3 is 53.4 Å². The van der Waals surface area contributed by atoms with Crippen LogP contribution in [0.15, 0.2) is 198 Å². The number of aromatic nitrogens is 20. The highest BCUT2D eigenvalue weighted by atomic mass is 35.5. The molecule has 16 heterocycles. The van der Waals surface area contributed by atoms with Crippen LogP contribution in [0.2, 0.25) is 5.02 Å². The van der Waals surface area contributed by atoms with Crippen molar-refractivity contribution in [2.75, 3.05) is 118 Å². The van der Waals surface area contributed by atoms with Crippen molar-refractivity contribution in [2.45, 2.75) is 33.2 Å². The van der Waals surface area contributed by atoms with Gasteiger partial charge in [-0.15, -0.1) is 0 Å². The van der Waals surface area contributed by atoms with Crippen molar-refractivity contribution in [3.05, 3.63) is 232 Å². The molecule has 4 aliphatic rings. The summed E-state index contributed by atoms with van der Waals surface area (Å²) in [6.07, 6.45) is 25.7. The maximum Gasteiger partial charge on any atom is 0.246 e. The Bertz CT molecular complexity index is 6360. The summed E-state index contributed by atoms with van der Waals surface area (Å²) in [4.78, 5) is 117. The Morgan fingerprint density at radius 1 is 0.400 bits per heavy atom. The van der Waals surface area contributed by atoms with E-state index in [4.69, 9.17) is 25.8 Å². The summed E-state index contributed by atoms with van der Waals surface area (Å²) >= 11 is 6.39. The van der Waals surface area contributed by atoms with Gasteiger partial charge in [-0.25, -0.2) is 59.2 Å². The number of pyridine rings is 4. The standard InChI is InChI=1S/C23H23N7O2.C23H23N7O.C21H18ClN7O2.C21H18FN7O2/c1-4-19(31)29-9-10-30(15(3)12-29)22-16-7-8-24-23(20(16)25-13-26-22)32-21-14(2)5-6-18-17(21)11-27-28-18;1-3-21(31)29-8-10-30(11-9-29)23-16-6-7-24-20(22(16)25-14-26-23)12-17-15(2)4-5-19-18(17)13-27-28-19;2*1-2-17(30)28-7-9-29(10-8-28)20-13-5-6-23-21(18(13)24-12-25-20)31-19-14-11-26-27-16(14)4-3-15(19)22/h4-8,11,13,15H,1,9-10,12H2,2-3H3,(H,27,28);3-7,13-14H,1,8-12H2,2H3,(H,27,28);2*2-6,11-12H,1,7-10H2,(H,26,27)/t15-;;;/m0.../s1. The third kappa shape index (κ3) is 16.7. The van der Waals surface area contributed by atoms with Crippen LogP contribution in [-0.4, -0.2) is 248 Å². The fourth-order valence-corrected chi connectivity index (χ4v) is 16.1. The number of halogens is 2. The molecule has 0 saturated carbocycles. The van der Waals surface area contributed by atoms with E-state index < -0.39 is 5.82 Å². The van der Waals surface area contributed by atoms with E-state index in [9.17, 15) is 23.6 Å². The highest BCUT2D eigenvalue weighted by molar-refractivity contribution is 6.33. The summed E-state index contributed by atoms with van der Waals surface area (Å²) in [5.74, 6) is 4.55. The van der Waals surface area contributed by atoms with Gasteiger partial charge >= 0.3 is 0 Å². The zero-order chi connectivity index (χ0) is 86.4. The number of nitrogens with one attached hydrogen (secondary N) is 4. The third-order valence-corrected chi connectivity index (χ3v) is 22.7. The Kier molecular flexibility index (Phi) is 23.5. The van der Waals surface area contributed by atoms with Gasteiger partial charge in [0.25, 0.3) is 0 Å². The first-order valence-corrected chi connectivity index (χ1v) is 40.6. The Hall–Kier alpha value is -15.6. The fraction of sp³-hybridized carbons (Fsp3) is 0.227. The highest BCUT2D eigenvalue weighted by Gasteiger charge is 2.32. The number of benzene rings is 4. The van der Waals surface area contributed by atoms with E-state index in [-0.39, 0.29) is 41.3 Å². The molecular formula is C88H82ClFN28O7. The average molecular weight is 1700 g/mol. The van der Waals surface area contributed by atoms with Crippen molar-refractivity contribution in [3.63, 3.8) is 0 Å². The number of nitrogens with zero attached hydrogens (tertiary/aromatic N) is 24. The number of anilines is 4. The van der Waals surface area contributed by atoms with Crippen LogP contribution in [0.4, 0.5) is 27.7 Å². The smallest absolute Gasteiger partial charge is 0.246 e. The third-order valence-electron chi connectivity index (χ3n) is 22.4. The molecular weight excluding hydrogens is 1620 g/mol. The summed E-state index contributed by atoms with van der Waals surface area (Å²) in [5.41, 5.74) is 10.2. The molecule has 16 aromatic rings. The number of hydrogen-bond acceptors (Lipinski definition) is 27. The van der Waals surface area contributed by atoms with Crippen molar-refractivity contribution in [2.24, 2.45) is 0 Å². The molecule has 35 nitrogen and oxygen atoms in total. The number of ether oxygens (including phenoxy) is 3. The molecule has 20 rings (SSSR count). The average Bonchev–Trinajstić information content (AvgIpc) is 1.77. The van der Waals surface area contributed by atoms with Gasteiger partial charge in [0, 0.05) is 162 Å². The van der Waals surface area contributed by atoms with Crippen LogP contribution in [0.25, 0.3) is 87.2 Å². The Morgan fingerprint density at radius 2 is 0.760 bits per heavy atom. The number of piperazine rings is 4. The summed E-state index contributed by atoms with van der Waals surface area (Å²) in [5, 5.41) is 35.1. The molecule has 4 amide bonds. The zero-order valence-electron chi connectivity index (χ0n) is 68.2. The van der Waals surface area contributed by atoms with E-state index in [1.807, 2.05) is 65.5 Å². The minimum absolute atomic E-state index is 0.0255. The Morgan fingerprint density at radius 3 is 1.23 bits per heavy atom. The largest absolute Gasteiger partial charge is 0.436 e. The molecule has 4 aliphatic heterocycles. The SMILES string of the molecule is C=CC(=O)N1CCN(c2ncnc3c(Cc4c(C)ccc5[nH]ncc45)nccc23)CC1.C=CC(=O)N1CCN(c2ncnc3c(Oc4c(C)ccc5[nH]ncc45)nccc23)[C@@H](C)C1.C=CC(=O)N1CCN(c2ncnc3c(Oc4c(Cl)ccc5[nH]ncc45)nccc23)CC1.C=CC(=O)N1CCN(c2ncnc3c(Oc4c(F)ccc5[nH]ncc45)nccc23)CC1. The van der Waals surface area contributed by atoms with Crippen LogP contribution in [0.1, 0.15) is 29.3 Å². The molecule has 0 bridgehead atoms. The maximum atomic E-state index is 14.5. The number of H-pyrrole nitrogens is 4. The second kappa shape index (κ2) is 36.0. The molecule has 4 saturated heterocycles. The van der Waals surface area contributed by atoms with Crippen LogP contribution in [0, 0.1) is 19.7 Å². The topological polar surface area (TPSA) is 391 Å². The highest BCUT2D eigenvalue weighted by Crippen LogP contribution is 2.42. The zero-order valence-corrected chi connectivity index (χ0v) is 69.0. The van der Waals surface area contributed by atoms with Gasteiger partial charge in [-0.1, -0.05) is 50.0 Å². The van der Waals surface area contributed by atoms with Crippen LogP contribution in [0.3, 0.4) is 0 Å². The molecule has 1 atom stereocenters. The van der Waals surface area contributed by atoms with Gasteiger partial charge in [0.2, 0.25) is 41.3 Å². The molecule has 125 heavy (non-hydrogen) atoms. The molecule has 0 unspecified atom stereocenters. The first kappa shape index (κ1) is 81.7. The fourth-order valence-electron chi connectivity index (χ4n) is 15.9. The summed E-state index contributed by atoms with van der Waals surface area (Å²) in [7, 11) is 0. The van der Waals surface area contributed by atoms with E-state index >= 15 is 0 Å². The molecule has 0 spiro atoms. The first-order chi connectivity index (χ1) is 61.0. The lowest BCUT2D eigenvalue weighted by atomic mass is 9.98. The molecule has 630 valence electrons. The van der Waals surface area contributed by atoms with Crippen molar-refractivity contribution >= 4 is 146 Å². The molecule has 12 aromatic heterocycles. The van der Waals surface area contributed by atoms with Gasteiger partial charge in [-0.05, 0) is 122 Å². The molecule has 0 aliphatic carbocycles. The normalized spacial score (nSPS) is 14.8. The van der Waals surface area contributed by atoms with E-state index in [2.05, 4.69) is 172 Å². The predicted octanol–water partition coefficient (Wildman–Crippen LogP) is 11.7. The number of amides is 4. The van der Waals surface area contributed by atoms with Crippen LogP contribution in [-0.2, 0) is 25.6 Å². The number of aryl methyl sites for hydroxylation is 2. The van der Waals surface area contributed by atoms with Crippen LogP contribution in [0.5, 0.6) is 34.9 Å². The van der Waals surface area contributed by atoms with Gasteiger partial charge in [0.05, 0.1) is 79.2 Å². The summed E-state index contributed by atoms with van der Waals surface area (Å²) in [6.45, 7) is 29.9. The Balaban J connectivity index is 0.000000118. The maximum absolute atomic E-state index is 14.5. The van der Waals surface area contributed by atoms with E-state index in [1.165, 1.54) is 66.7 Å². The molecule has 4 fully saturated rings. The van der Waals surface area contributed by atoms with Crippen LogP contribution >= 0.6 is 11.6 Å². The number of rotatable bonds is 16. The summed E-state index contributed by atoms with van der Waals surface area (Å²) in [6, 6.07) is 22.2. The molecule has 0 radical (unpaired) electrons. The second-order valence-corrected chi connectivity index (χ2v) is 30.1. The van der Waals surface area contributed by atoms with Crippen molar-refractivity contribution in [3.8, 4) is 34.9 Å². The lowest BCUT2D eigenvalue weighted by Gasteiger charge is -2.40. The van der Waals surface area contributed by atoms with Crippen LogP contribution < -0.4 is 33.8 Å². The van der Waals surface area contributed by atoms with E-state index in [0.717, 1.165) is 102 Å². The quantitative estimate of drug-likeness (QED) is 0.0653. The second-order valence-electron chi connectivity index (χ2n) is 29.7.